The lowest BCUT2D eigenvalue weighted by Crippen LogP contribution is -1.97. The lowest BCUT2D eigenvalue weighted by Gasteiger charge is -2.15. The molecule has 0 amide bonds. The zero-order chi connectivity index (χ0) is 30.2. The van der Waals surface area contributed by atoms with Crippen LogP contribution in [0.3, 0.4) is 0 Å². The molecule has 0 aliphatic heterocycles. The van der Waals surface area contributed by atoms with E-state index < -0.39 is 0 Å². The van der Waals surface area contributed by atoms with Crippen molar-refractivity contribution in [2.75, 3.05) is 0 Å². The van der Waals surface area contributed by atoms with E-state index in [-0.39, 0.29) is 0 Å². The van der Waals surface area contributed by atoms with Crippen molar-refractivity contribution in [1.29, 1.82) is 0 Å². The van der Waals surface area contributed by atoms with Crippen LogP contribution in [-0.4, -0.2) is 14.8 Å². The molecule has 0 fully saturated rings. The minimum Gasteiger partial charge on any atom is -0.309 e. The van der Waals surface area contributed by atoms with E-state index in [1.807, 2.05) is 23.7 Å². The van der Waals surface area contributed by atoms with E-state index in [1.54, 1.807) is 0 Å². The van der Waals surface area contributed by atoms with E-state index in [1.165, 1.54) is 69.4 Å². The van der Waals surface area contributed by atoms with Crippen LogP contribution >= 0.6 is 11.3 Å². The zero-order valence-electron chi connectivity index (χ0n) is 24.7. The Morgan fingerprint density at radius 2 is 1.20 bits per heavy atom. The highest BCUT2D eigenvalue weighted by molar-refractivity contribution is 7.25. The molecule has 3 heterocycles. The maximum absolute atomic E-state index is 4.41. The summed E-state index contributed by atoms with van der Waals surface area (Å²) in [6, 6.07) is 50.7. The predicted octanol–water partition coefficient (Wildman–Crippen LogP) is 11.6. The van der Waals surface area contributed by atoms with Crippen molar-refractivity contribution in [3.05, 3.63) is 152 Å². The maximum atomic E-state index is 4.41. The maximum Gasteiger partial charge on any atom is 0.0596 e. The molecule has 0 aliphatic rings. The number of thiophene rings is 1. The summed E-state index contributed by atoms with van der Waals surface area (Å²) >= 11 is 1.85. The van der Waals surface area contributed by atoms with Crippen molar-refractivity contribution in [3.8, 4) is 27.9 Å². The van der Waals surface area contributed by atoms with Crippen molar-refractivity contribution in [2.45, 2.75) is 0 Å². The molecular weight excluding hydrogens is 579 g/mol. The van der Waals surface area contributed by atoms with Crippen LogP contribution in [-0.2, 0) is 0 Å². The van der Waals surface area contributed by atoms with E-state index >= 15 is 0 Å². The highest BCUT2D eigenvalue weighted by Gasteiger charge is 2.20. The number of fused-ring (bicyclic) bond motifs is 8. The first kappa shape index (κ1) is 25.5. The molecule has 0 unspecified atom stereocenters. The SMILES string of the molecule is c1ccc(-c2cccc3c2c2cc4ccccc4cc2n3-c2ccc(-c3ccc4sc5ccccc5c4c3)c3cnncc23)cc1. The van der Waals surface area contributed by atoms with Gasteiger partial charge in [0.05, 0.1) is 29.1 Å². The highest BCUT2D eigenvalue weighted by Crippen LogP contribution is 2.43. The Kier molecular flexibility index (Phi) is 5.45. The van der Waals surface area contributed by atoms with Gasteiger partial charge in [-0.1, -0.05) is 97.1 Å². The van der Waals surface area contributed by atoms with Gasteiger partial charge in [-0.15, -0.1) is 11.3 Å². The highest BCUT2D eigenvalue weighted by atomic mass is 32.1. The zero-order valence-corrected chi connectivity index (χ0v) is 25.5. The first-order valence-corrected chi connectivity index (χ1v) is 16.3. The molecule has 0 radical (unpaired) electrons. The van der Waals surface area contributed by atoms with Gasteiger partial charge in [0.15, 0.2) is 0 Å². The summed E-state index contributed by atoms with van der Waals surface area (Å²) in [5, 5.41) is 18.5. The van der Waals surface area contributed by atoms with Gasteiger partial charge in [-0.2, -0.15) is 10.2 Å². The molecule has 46 heavy (non-hydrogen) atoms. The minimum atomic E-state index is 1.07. The van der Waals surface area contributed by atoms with E-state index in [9.17, 15) is 0 Å². The molecule has 0 atom stereocenters. The van der Waals surface area contributed by atoms with Gasteiger partial charge >= 0.3 is 0 Å². The van der Waals surface area contributed by atoms with E-state index in [4.69, 9.17) is 0 Å². The third-order valence-corrected chi connectivity index (χ3v) is 10.5. The van der Waals surface area contributed by atoms with Crippen LogP contribution in [0.1, 0.15) is 0 Å². The lowest BCUT2D eigenvalue weighted by molar-refractivity contribution is 1.05. The van der Waals surface area contributed by atoms with Crippen LogP contribution in [0.15, 0.2) is 152 Å². The average Bonchev–Trinajstić information content (AvgIpc) is 3.65. The standard InChI is InChI=1S/C42H25N3S/c1-2-9-26(10-3-1)31-14-8-15-38-42(31)34-21-27-11-4-5-12-28(27)23-39(34)45(38)37-19-18-30(35-24-43-44-25-36(35)37)29-17-20-41-33(22-29)32-13-6-7-16-40(32)46-41/h1-25H. The van der Waals surface area contributed by atoms with Crippen molar-refractivity contribution >= 4 is 74.9 Å². The Hall–Kier alpha value is -5.84. The van der Waals surface area contributed by atoms with Gasteiger partial charge in [0, 0.05) is 41.7 Å². The molecule has 0 aliphatic carbocycles. The molecule has 0 saturated heterocycles. The van der Waals surface area contributed by atoms with Crippen molar-refractivity contribution < 1.29 is 0 Å². The largest absolute Gasteiger partial charge is 0.309 e. The molecule has 10 aromatic rings. The number of aromatic nitrogens is 3. The van der Waals surface area contributed by atoms with E-state index in [0.29, 0.717) is 0 Å². The number of hydrogen-bond acceptors (Lipinski definition) is 3. The topological polar surface area (TPSA) is 30.7 Å². The molecule has 214 valence electrons. The summed E-state index contributed by atoms with van der Waals surface area (Å²) in [7, 11) is 0. The fourth-order valence-corrected chi connectivity index (χ4v) is 8.38. The Bertz CT molecular complexity index is 2810. The normalized spacial score (nSPS) is 11.9. The smallest absolute Gasteiger partial charge is 0.0596 e. The summed E-state index contributed by atoms with van der Waals surface area (Å²) in [5.74, 6) is 0. The number of nitrogens with zero attached hydrogens (tertiary/aromatic N) is 3. The van der Waals surface area contributed by atoms with Gasteiger partial charge in [-0.05, 0) is 75.5 Å². The average molecular weight is 604 g/mol. The van der Waals surface area contributed by atoms with Crippen molar-refractivity contribution in [3.63, 3.8) is 0 Å². The van der Waals surface area contributed by atoms with Gasteiger partial charge in [0.25, 0.3) is 0 Å². The first-order valence-electron chi connectivity index (χ1n) is 15.5. The quantitative estimate of drug-likeness (QED) is 0.201. The fraction of sp³-hybridized carbons (Fsp3) is 0. The molecule has 0 spiro atoms. The molecule has 7 aromatic carbocycles. The van der Waals surface area contributed by atoms with Crippen molar-refractivity contribution in [2.24, 2.45) is 0 Å². The molecular formula is C42H25N3S. The van der Waals surface area contributed by atoms with E-state index in [0.717, 1.165) is 22.0 Å². The number of benzene rings is 7. The monoisotopic (exact) mass is 603 g/mol. The van der Waals surface area contributed by atoms with Gasteiger partial charge in [-0.3, -0.25) is 0 Å². The third kappa shape index (κ3) is 3.71. The molecule has 3 aromatic heterocycles. The second kappa shape index (κ2) is 9.83. The second-order valence-corrected chi connectivity index (χ2v) is 13.0. The summed E-state index contributed by atoms with van der Waals surface area (Å²) in [6.45, 7) is 0. The summed E-state index contributed by atoms with van der Waals surface area (Å²) in [5.41, 5.74) is 8.22. The summed E-state index contributed by atoms with van der Waals surface area (Å²) in [4.78, 5) is 0. The Morgan fingerprint density at radius 3 is 2.09 bits per heavy atom. The molecule has 10 rings (SSSR count). The predicted molar refractivity (Wildman–Crippen MR) is 195 cm³/mol. The summed E-state index contributed by atoms with van der Waals surface area (Å²) < 4.78 is 5.04. The van der Waals surface area contributed by atoms with Crippen LogP contribution in [0.5, 0.6) is 0 Å². The number of hydrogen-bond donors (Lipinski definition) is 0. The van der Waals surface area contributed by atoms with Gasteiger partial charge in [0.1, 0.15) is 0 Å². The van der Waals surface area contributed by atoms with Crippen molar-refractivity contribution in [1.82, 2.24) is 14.8 Å². The molecule has 3 nitrogen and oxygen atoms in total. The van der Waals surface area contributed by atoms with Gasteiger partial charge in [-0.25, -0.2) is 0 Å². The summed E-state index contributed by atoms with van der Waals surface area (Å²) in [6.07, 6.45) is 3.84. The Morgan fingerprint density at radius 1 is 0.435 bits per heavy atom. The Labute approximate surface area is 268 Å². The number of rotatable bonds is 3. The molecule has 0 bridgehead atoms. The van der Waals surface area contributed by atoms with Gasteiger partial charge in [0.2, 0.25) is 0 Å². The lowest BCUT2D eigenvalue weighted by atomic mass is 9.97. The van der Waals surface area contributed by atoms with Crippen LogP contribution in [0, 0.1) is 0 Å². The van der Waals surface area contributed by atoms with Crippen LogP contribution in [0.25, 0.3) is 91.5 Å². The Balaban J connectivity index is 1.28. The van der Waals surface area contributed by atoms with Gasteiger partial charge < -0.3 is 4.57 Å². The van der Waals surface area contributed by atoms with Crippen LogP contribution in [0.4, 0.5) is 0 Å². The molecule has 0 N–H and O–H groups in total. The minimum absolute atomic E-state index is 1.07. The molecule has 4 heteroatoms. The third-order valence-electron chi connectivity index (χ3n) is 9.38. The van der Waals surface area contributed by atoms with Crippen LogP contribution < -0.4 is 0 Å². The van der Waals surface area contributed by atoms with E-state index in [2.05, 4.69) is 154 Å². The van der Waals surface area contributed by atoms with Crippen LogP contribution in [0.2, 0.25) is 0 Å². The molecule has 0 saturated carbocycles. The fourth-order valence-electron chi connectivity index (χ4n) is 7.29. The second-order valence-electron chi connectivity index (χ2n) is 11.9. The first-order chi connectivity index (χ1) is 22.8.